The maximum atomic E-state index is 12.7. The highest BCUT2D eigenvalue weighted by Crippen LogP contribution is 2.36. The molecule has 20 heteroatoms. The number of fused-ring (bicyclic) bond motifs is 2. The number of hydrogen-bond donors (Lipinski definition) is 1. The van der Waals surface area contributed by atoms with Crippen molar-refractivity contribution in [3.63, 3.8) is 0 Å². The zero-order chi connectivity index (χ0) is 45.6. The van der Waals surface area contributed by atoms with Crippen LogP contribution < -0.4 is 5.69 Å². The Labute approximate surface area is 363 Å². The molecule has 16 nitrogen and oxygen atoms in total. The molecule has 0 amide bonds. The topological polar surface area (TPSA) is 245 Å². The summed E-state index contributed by atoms with van der Waals surface area (Å²) in [7, 11) is -14.9. The van der Waals surface area contributed by atoms with Gasteiger partial charge in [-0.1, -0.05) is 48.5 Å². The second kappa shape index (κ2) is 16.7. The van der Waals surface area contributed by atoms with E-state index in [-0.39, 0.29) is 71.2 Å². The minimum absolute atomic E-state index is 0.0258. The van der Waals surface area contributed by atoms with Crippen molar-refractivity contribution in [2.24, 2.45) is 20.5 Å². The molecule has 0 aliphatic heterocycles. The molecule has 0 fully saturated rings. The second-order valence-electron chi connectivity index (χ2n) is 15.2. The van der Waals surface area contributed by atoms with Gasteiger partial charge >= 0.3 is 5.69 Å². The standard InChI is InChI=1S/C43H39N7O9S4/c1-25-17-27(13-15-35(25)49-47-29-21-33-31(39(23-29)62(5,56)57)9-7-11-37(33)60(3,52)53)19-41-44-42(46-43(51)45-41)20-28-14-16-36(26(2)18-28)50-48-30-22-34-32(40(24-30)63(6,58)59)10-8-12-38(34)61(4,54)55/h7-18,21-24H,19-20H2,1-6H3,(H,44,45,46,51). The van der Waals surface area contributed by atoms with Crippen LogP contribution in [0.5, 0.6) is 0 Å². The number of nitrogens with zero attached hydrogens (tertiary/aromatic N) is 6. The fourth-order valence-corrected chi connectivity index (χ4v) is 10.7. The molecule has 7 aromatic rings. The third-order valence-electron chi connectivity index (χ3n) is 9.95. The van der Waals surface area contributed by atoms with Crippen molar-refractivity contribution in [2.45, 2.75) is 46.3 Å². The summed E-state index contributed by atoms with van der Waals surface area (Å²) in [4.78, 5) is 23.8. The Bertz CT molecular complexity index is 3390. The molecule has 1 N–H and O–H groups in total. The molecule has 7 rings (SSSR count). The van der Waals surface area contributed by atoms with Gasteiger partial charge in [-0.25, -0.2) is 43.4 Å². The van der Waals surface area contributed by atoms with Gasteiger partial charge in [-0.05, 0) is 84.6 Å². The number of nitrogens with one attached hydrogen (secondary N) is 1. The van der Waals surface area contributed by atoms with Crippen LogP contribution in [0.15, 0.2) is 142 Å². The molecular formula is C43H39N7O9S4. The minimum atomic E-state index is -3.76. The van der Waals surface area contributed by atoms with E-state index < -0.39 is 45.0 Å². The highest BCUT2D eigenvalue weighted by Gasteiger charge is 2.21. The van der Waals surface area contributed by atoms with Crippen molar-refractivity contribution in [1.29, 1.82) is 0 Å². The number of sulfone groups is 4. The van der Waals surface area contributed by atoms with Gasteiger partial charge in [0.05, 0.1) is 42.3 Å². The summed E-state index contributed by atoms with van der Waals surface area (Å²) in [5, 5.41) is 18.2. The van der Waals surface area contributed by atoms with Crippen molar-refractivity contribution in [1.82, 2.24) is 15.0 Å². The predicted octanol–water partition coefficient (Wildman–Crippen LogP) is 7.71. The van der Waals surface area contributed by atoms with Crippen LogP contribution in [-0.4, -0.2) is 73.6 Å². The molecular weight excluding hydrogens is 887 g/mol. The third kappa shape index (κ3) is 10.1. The van der Waals surface area contributed by atoms with E-state index in [2.05, 4.69) is 35.4 Å². The molecule has 0 saturated carbocycles. The van der Waals surface area contributed by atoms with Gasteiger partial charge in [0.15, 0.2) is 39.3 Å². The van der Waals surface area contributed by atoms with Crippen LogP contribution in [0, 0.1) is 13.8 Å². The fourth-order valence-electron chi connectivity index (χ4n) is 7.11. The Morgan fingerprint density at radius 1 is 0.476 bits per heavy atom. The summed E-state index contributed by atoms with van der Waals surface area (Å²) < 4.78 is 101. The zero-order valence-corrected chi connectivity index (χ0v) is 37.9. The van der Waals surface area contributed by atoms with Gasteiger partial charge < -0.3 is 0 Å². The Balaban J connectivity index is 1.09. The van der Waals surface area contributed by atoms with E-state index in [0.717, 1.165) is 41.7 Å². The molecule has 0 spiro atoms. The summed E-state index contributed by atoms with van der Waals surface area (Å²) in [5.74, 6) is 0.647. The monoisotopic (exact) mass is 925 g/mol. The van der Waals surface area contributed by atoms with Gasteiger partial charge in [-0.3, -0.25) is 4.98 Å². The summed E-state index contributed by atoms with van der Waals surface area (Å²) >= 11 is 0. The molecule has 324 valence electrons. The van der Waals surface area contributed by atoms with Crippen LogP contribution in [0.4, 0.5) is 22.7 Å². The van der Waals surface area contributed by atoms with Crippen LogP contribution >= 0.6 is 0 Å². The quantitative estimate of drug-likeness (QED) is 0.116. The van der Waals surface area contributed by atoms with Crippen molar-refractivity contribution >= 4 is 83.6 Å². The second-order valence-corrected chi connectivity index (χ2v) is 23.1. The Morgan fingerprint density at radius 2 is 0.905 bits per heavy atom. The Kier molecular flexibility index (Phi) is 11.9. The van der Waals surface area contributed by atoms with Gasteiger partial charge in [0.1, 0.15) is 11.6 Å². The van der Waals surface area contributed by atoms with Crippen LogP contribution in [0.2, 0.25) is 0 Å². The van der Waals surface area contributed by atoms with E-state index >= 15 is 0 Å². The molecule has 0 unspecified atom stereocenters. The van der Waals surface area contributed by atoms with Gasteiger partial charge in [0, 0.05) is 59.4 Å². The van der Waals surface area contributed by atoms with Gasteiger partial charge in [0.25, 0.3) is 0 Å². The van der Waals surface area contributed by atoms with Crippen molar-refractivity contribution < 1.29 is 33.7 Å². The van der Waals surface area contributed by atoms with Crippen molar-refractivity contribution in [3.8, 4) is 0 Å². The van der Waals surface area contributed by atoms with E-state index in [4.69, 9.17) is 0 Å². The lowest BCUT2D eigenvalue weighted by atomic mass is 10.1. The van der Waals surface area contributed by atoms with Crippen molar-refractivity contribution in [2.75, 3.05) is 25.0 Å². The first-order valence-corrected chi connectivity index (χ1v) is 26.4. The van der Waals surface area contributed by atoms with Gasteiger partial charge in [-0.15, -0.1) is 0 Å². The maximum absolute atomic E-state index is 12.7. The molecule has 0 bridgehead atoms. The average molecular weight is 926 g/mol. The van der Waals surface area contributed by atoms with E-state index in [1.54, 1.807) is 43.3 Å². The number of H-pyrrole nitrogens is 1. The smallest absolute Gasteiger partial charge is 0.294 e. The van der Waals surface area contributed by atoms with Crippen LogP contribution in [0.1, 0.15) is 33.9 Å². The summed E-state index contributed by atoms with van der Waals surface area (Å²) in [6, 6.07) is 25.3. The molecule has 63 heavy (non-hydrogen) atoms. The average Bonchev–Trinajstić information content (AvgIpc) is 3.17. The molecule has 0 aliphatic carbocycles. The van der Waals surface area contributed by atoms with Crippen molar-refractivity contribution in [3.05, 3.63) is 141 Å². The number of azo groups is 2. The molecule has 0 aliphatic rings. The van der Waals surface area contributed by atoms with Crippen LogP contribution in [0.3, 0.4) is 0 Å². The Hall–Kier alpha value is -6.35. The first-order chi connectivity index (χ1) is 29.4. The molecule has 1 aromatic heterocycles. The van der Waals surface area contributed by atoms with E-state index in [1.807, 2.05) is 19.1 Å². The first-order valence-electron chi connectivity index (χ1n) is 18.9. The van der Waals surface area contributed by atoms with Gasteiger partial charge in [0.2, 0.25) is 0 Å². The van der Waals surface area contributed by atoms with E-state index in [9.17, 15) is 38.5 Å². The van der Waals surface area contributed by atoms with Crippen LogP contribution in [0.25, 0.3) is 21.5 Å². The number of aryl methyl sites for hydroxylation is 2. The summed E-state index contributed by atoms with van der Waals surface area (Å²) in [5.41, 5.74) is 3.68. The SMILES string of the molecule is Cc1cc(Cc2nc(Cc3ccc(N=Nc4cc(S(C)(=O)=O)c5cccc(S(C)(=O)=O)c5c4)c(C)c3)[nH]c(=O)n2)ccc1N=Nc1cc(S(C)(=O)=O)c2cccc(S(C)(=O)=O)c2c1. The number of hydrogen-bond acceptors (Lipinski definition) is 15. The minimum Gasteiger partial charge on any atom is -0.294 e. The predicted molar refractivity (Wildman–Crippen MR) is 239 cm³/mol. The van der Waals surface area contributed by atoms with E-state index in [1.165, 1.54) is 48.5 Å². The number of rotatable bonds is 12. The molecule has 0 radical (unpaired) electrons. The molecule has 1 heterocycles. The fraction of sp³-hybridized carbons (Fsp3) is 0.186. The van der Waals surface area contributed by atoms with Crippen LogP contribution in [-0.2, 0) is 52.2 Å². The highest BCUT2D eigenvalue weighted by atomic mass is 32.2. The lowest BCUT2D eigenvalue weighted by Crippen LogP contribution is -2.18. The lowest BCUT2D eigenvalue weighted by molar-refractivity contribution is 0.600. The third-order valence-corrected chi connectivity index (χ3v) is 14.5. The van der Waals surface area contributed by atoms with Gasteiger partial charge in [-0.2, -0.15) is 25.4 Å². The molecule has 0 atom stereocenters. The zero-order valence-electron chi connectivity index (χ0n) is 34.6. The molecule has 6 aromatic carbocycles. The lowest BCUT2D eigenvalue weighted by Gasteiger charge is -2.10. The highest BCUT2D eigenvalue weighted by molar-refractivity contribution is 7.92. The first kappa shape index (κ1) is 44.7. The molecule has 0 saturated heterocycles. The number of benzene rings is 6. The maximum Gasteiger partial charge on any atom is 0.348 e. The number of aromatic nitrogens is 3. The van der Waals surface area contributed by atoms with E-state index in [0.29, 0.717) is 22.8 Å². The summed E-state index contributed by atoms with van der Waals surface area (Å²) in [6.45, 7) is 3.62. The summed E-state index contributed by atoms with van der Waals surface area (Å²) in [6.07, 6.45) is 4.64. The number of aromatic amines is 1. The largest absolute Gasteiger partial charge is 0.348 e. The normalized spacial score (nSPS) is 12.9. The Morgan fingerprint density at radius 3 is 1.32 bits per heavy atom.